The number of nitrogens with two attached hydrogens (primary N) is 2. The first kappa shape index (κ1) is 13.4. The van der Waals surface area contributed by atoms with Gasteiger partial charge in [-0.05, 0) is 30.3 Å². The lowest BCUT2D eigenvalue weighted by molar-refractivity contribution is 1.48. The third-order valence-electron chi connectivity index (χ3n) is 3.92. The van der Waals surface area contributed by atoms with E-state index >= 15 is 0 Å². The molecule has 0 saturated heterocycles. The molecule has 4 nitrogen and oxygen atoms in total. The van der Waals surface area contributed by atoms with Crippen molar-refractivity contribution >= 4 is 44.6 Å². The van der Waals surface area contributed by atoms with Crippen molar-refractivity contribution in [2.24, 2.45) is 0 Å². The molecule has 0 aliphatic carbocycles. The maximum Gasteiger partial charge on any atom is 0.0730 e. The van der Waals surface area contributed by atoms with E-state index in [2.05, 4.69) is 17.4 Å². The summed E-state index contributed by atoms with van der Waals surface area (Å²) in [6.45, 7) is 0. The molecule has 5 N–H and O–H groups in total. The minimum absolute atomic E-state index is 0.657. The molecule has 4 aromatic rings. The first-order valence-electron chi connectivity index (χ1n) is 7.42. The number of hydrogen-bond acceptors (Lipinski definition) is 4. The second-order valence-corrected chi connectivity index (χ2v) is 5.49. The SMILES string of the molecule is Nc1ccc(N)c(Nc2c3ccccc3nc3ccccc23)c1. The normalized spacial score (nSPS) is 11.0. The van der Waals surface area contributed by atoms with Crippen molar-refractivity contribution in [3.63, 3.8) is 0 Å². The van der Waals surface area contributed by atoms with E-state index in [0.717, 1.165) is 33.2 Å². The summed E-state index contributed by atoms with van der Waals surface area (Å²) in [6.07, 6.45) is 0. The zero-order valence-corrected chi connectivity index (χ0v) is 12.5. The van der Waals surface area contributed by atoms with Crippen molar-refractivity contribution in [3.8, 4) is 0 Å². The zero-order valence-electron chi connectivity index (χ0n) is 12.5. The molecule has 0 saturated carbocycles. The van der Waals surface area contributed by atoms with Crippen LogP contribution in [-0.4, -0.2) is 4.98 Å². The van der Waals surface area contributed by atoms with Gasteiger partial charge in [0.15, 0.2) is 0 Å². The van der Waals surface area contributed by atoms with E-state index < -0.39 is 0 Å². The van der Waals surface area contributed by atoms with Gasteiger partial charge in [-0.3, -0.25) is 0 Å². The molecule has 3 aromatic carbocycles. The lowest BCUT2D eigenvalue weighted by atomic mass is 10.1. The topological polar surface area (TPSA) is 77.0 Å². The summed E-state index contributed by atoms with van der Waals surface area (Å²) in [5.74, 6) is 0. The van der Waals surface area contributed by atoms with Crippen molar-refractivity contribution in [3.05, 3.63) is 66.7 Å². The van der Waals surface area contributed by atoms with E-state index in [1.54, 1.807) is 6.07 Å². The molecule has 0 unspecified atom stereocenters. The Morgan fingerprint density at radius 1 is 0.739 bits per heavy atom. The van der Waals surface area contributed by atoms with Gasteiger partial charge in [0, 0.05) is 16.5 Å². The molecule has 0 aliphatic heterocycles. The van der Waals surface area contributed by atoms with Gasteiger partial charge < -0.3 is 16.8 Å². The average molecular weight is 300 g/mol. The zero-order chi connectivity index (χ0) is 15.8. The molecule has 1 heterocycles. The molecule has 0 spiro atoms. The fourth-order valence-corrected chi connectivity index (χ4v) is 2.79. The van der Waals surface area contributed by atoms with Crippen LogP contribution in [0.2, 0.25) is 0 Å². The lowest BCUT2D eigenvalue weighted by Crippen LogP contribution is -2.00. The Morgan fingerprint density at radius 3 is 2.00 bits per heavy atom. The third-order valence-corrected chi connectivity index (χ3v) is 3.92. The van der Waals surface area contributed by atoms with Gasteiger partial charge in [-0.1, -0.05) is 36.4 Å². The standard InChI is InChI=1S/C19H16N4/c20-12-9-10-15(21)18(11-12)23-19-13-5-1-3-7-16(13)22-17-8-4-2-6-14(17)19/h1-11H,20-21H2,(H,22,23). The van der Waals surface area contributed by atoms with Crippen LogP contribution in [0.1, 0.15) is 0 Å². The molecule has 4 rings (SSSR count). The Bertz CT molecular complexity index is 970. The maximum absolute atomic E-state index is 6.09. The molecule has 4 heteroatoms. The number of nitrogens with one attached hydrogen (secondary N) is 1. The van der Waals surface area contributed by atoms with Crippen LogP contribution in [0.15, 0.2) is 66.7 Å². The summed E-state index contributed by atoms with van der Waals surface area (Å²) >= 11 is 0. The van der Waals surface area contributed by atoms with Gasteiger partial charge in [0.05, 0.1) is 28.1 Å². The van der Waals surface area contributed by atoms with Gasteiger partial charge in [-0.2, -0.15) is 0 Å². The quantitative estimate of drug-likeness (QED) is 0.381. The number of hydrogen-bond donors (Lipinski definition) is 3. The Balaban J connectivity index is 2.01. The molecule has 0 atom stereocenters. The smallest absolute Gasteiger partial charge is 0.0730 e. The maximum atomic E-state index is 6.09. The highest BCUT2D eigenvalue weighted by atomic mass is 14.9. The van der Waals surface area contributed by atoms with Gasteiger partial charge in [0.25, 0.3) is 0 Å². The molecule has 0 amide bonds. The van der Waals surface area contributed by atoms with Crippen molar-refractivity contribution in [2.75, 3.05) is 16.8 Å². The number of fused-ring (bicyclic) bond motifs is 2. The molecule has 1 aromatic heterocycles. The summed E-state index contributed by atoms with van der Waals surface area (Å²) in [7, 11) is 0. The van der Waals surface area contributed by atoms with E-state index in [9.17, 15) is 0 Å². The third kappa shape index (κ3) is 2.30. The van der Waals surface area contributed by atoms with Gasteiger partial charge in [-0.15, -0.1) is 0 Å². The minimum atomic E-state index is 0.657. The van der Waals surface area contributed by atoms with E-state index in [-0.39, 0.29) is 0 Å². The minimum Gasteiger partial charge on any atom is -0.399 e. The Morgan fingerprint density at radius 2 is 1.35 bits per heavy atom. The van der Waals surface area contributed by atoms with Crippen LogP contribution in [0.3, 0.4) is 0 Å². The van der Waals surface area contributed by atoms with Gasteiger partial charge in [0.2, 0.25) is 0 Å². The predicted molar refractivity (Wildman–Crippen MR) is 97.8 cm³/mol. The molecule has 0 bridgehead atoms. The number of pyridine rings is 1. The number of rotatable bonds is 2. The fraction of sp³-hybridized carbons (Fsp3) is 0. The number of anilines is 4. The lowest BCUT2D eigenvalue weighted by Gasteiger charge is -2.15. The average Bonchev–Trinajstić information content (AvgIpc) is 2.58. The summed E-state index contributed by atoms with van der Waals surface area (Å²) < 4.78 is 0. The molecular weight excluding hydrogens is 284 g/mol. The summed E-state index contributed by atoms with van der Waals surface area (Å²) in [5, 5.41) is 5.55. The first-order chi connectivity index (χ1) is 11.2. The van der Waals surface area contributed by atoms with Crippen LogP contribution >= 0.6 is 0 Å². The van der Waals surface area contributed by atoms with Crippen molar-refractivity contribution in [1.82, 2.24) is 4.98 Å². The molecule has 23 heavy (non-hydrogen) atoms. The monoisotopic (exact) mass is 300 g/mol. The van der Waals surface area contributed by atoms with Crippen LogP contribution in [-0.2, 0) is 0 Å². The molecular formula is C19H16N4. The summed E-state index contributed by atoms with van der Waals surface area (Å²) in [4.78, 5) is 4.72. The molecule has 0 radical (unpaired) electrons. The van der Waals surface area contributed by atoms with E-state index in [0.29, 0.717) is 11.4 Å². The van der Waals surface area contributed by atoms with E-state index in [4.69, 9.17) is 16.5 Å². The highest BCUT2D eigenvalue weighted by Crippen LogP contribution is 2.34. The number of nitrogen functional groups attached to an aromatic ring is 2. The van der Waals surface area contributed by atoms with E-state index in [1.165, 1.54) is 0 Å². The molecule has 112 valence electrons. The molecule has 0 aliphatic rings. The second-order valence-electron chi connectivity index (χ2n) is 5.49. The van der Waals surface area contributed by atoms with Crippen LogP contribution in [0.25, 0.3) is 21.8 Å². The summed E-state index contributed by atoms with van der Waals surface area (Å²) in [5.41, 5.74) is 17.0. The van der Waals surface area contributed by atoms with Crippen molar-refractivity contribution in [1.29, 1.82) is 0 Å². The second kappa shape index (κ2) is 5.18. The Labute approximate surface area is 133 Å². The van der Waals surface area contributed by atoms with Crippen LogP contribution < -0.4 is 16.8 Å². The summed E-state index contributed by atoms with van der Waals surface area (Å²) in [6, 6.07) is 21.6. The Kier molecular flexibility index (Phi) is 3.01. The van der Waals surface area contributed by atoms with Gasteiger partial charge in [-0.25, -0.2) is 4.98 Å². The van der Waals surface area contributed by atoms with Crippen molar-refractivity contribution in [2.45, 2.75) is 0 Å². The highest BCUT2D eigenvalue weighted by Gasteiger charge is 2.10. The number of aromatic nitrogens is 1. The first-order valence-corrected chi connectivity index (χ1v) is 7.42. The highest BCUT2D eigenvalue weighted by molar-refractivity contribution is 6.09. The van der Waals surface area contributed by atoms with Crippen LogP contribution in [0, 0.1) is 0 Å². The largest absolute Gasteiger partial charge is 0.399 e. The van der Waals surface area contributed by atoms with E-state index in [1.807, 2.05) is 48.5 Å². The Hall–Kier alpha value is -3.27. The van der Waals surface area contributed by atoms with Gasteiger partial charge >= 0.3 is 0 Å². The van der Waals surface area contributed by atoms with Crippen LogP contribution in [0.5, 0.6) is 0 Å². The fourth-order valence-electron chi connectivity index (χ4n) is 2.79. The van der Waals surface area contributed by atoms with Crippen molar-refractivity contribution < 1.29 is 0 Å². The van der Waals surface area contributed by atoms with Crippen LogP contribution in [0.4, 0.5) is 22.7 Å². The molecule has 0 fully saturated rings. The predicted octanol–water partition coefficient (Wildman–Crippen LogP) is 4.30. The number of benzene rings is 3. The number of para-hydroxylation sites is 2. The number of nitrogens with zero attached hydrogens (tertiary/aromatic N) is 1. The van der Waals surface area contributed by atoms with Gasteiger partial charge in [0.1, 0.15) is 0 Å².